The summed E-state index contributed by atoms with van der Waals surface area (Å²) in [5.74, 6) is -0.791. The summed E-state index contributed by atoms with van der Waals surface area (Å²) >= 11 is 2.20. The van der Waals surface area contributed by atoms with Gasteiger partial charge in [-0.2, -0.15) is 0 Å². The van der Waals surface area contributed by atoms with Gasteiger partial charge in [-0.3, -0.25) is 16.5 Å². The van der Waals surface area contributed by atoms with E-state index in [1.165, 1.54) is 0 Å². The minimum atomic E-state index is -0.791. The van der Waals surface area contributed by atoms with E-state index in [9.17, 15) is 0 Å². The molecule has 0 aromatic rings. The van der Waals surface area contributed by atoms with Crippen LogP contribution in [0.15, 0.2) is 4.99 Å². The number of hydrogen-bond donors (Lipinski definition) is 2. The number of alkyl halides is 1. The smallest absolute Gasteiger partial charge is 0.171 e. The van der Waals surface area contributed by atoms with Gasteiger partial charge in [-0.1, -0.05) is 22.6 Å². The second-order valence-electron chi connectivity index (χ2n) is 1.90. The van der Waals surface area contributed by atoms with Crippen molar-refractivity contribution in [1.29, 1.82) is 0 Å². The summed E-state index contributed by atoms with van der Waals surface area (Å²) in [6, 6.07) is 0. The van der Waals surface area contributed by atoms with Crippen LogP contribution in [0.2, 0.25) is 0 Å². The molecule has 0 saturated carbocycles. The molecule has 46 valence electrons. The summed E-state index contributed by atoms with van der Waals surface area (Å²) < 4.78 is 0.264. The van der Waals surface area contributed by atoms with E-state index in [0.717, 1.165) is 6.42 Å². The highest BCUT2D eigenvalue weighted by Gasteiger charge is 2.30. The molecule has 0 fully saturated rings. The van der Waals surface area contributed by atoms with Crippen LogP contribution in [0, 0.1) is 0 Å². The summed E-state index contributed by atoms with van der Waals surface area (Å²) in [5.41, 5.74) is 11.0. The van der Waals surface area contributed by atoms with Gasteiger partial charge in [-0.05, 0) is 6.42 Å². The number of aliphatic imine (C=N–C) groups is 1. The standard InChI is InChI=1S/C4H8IN3/c5-3-1-2-8-4(3,6)7/h2-3H,1,6-7H2. The van der Waals surface area contributed by atoms with Crippen LogP contribution in [0.25, 0.3) is 0 Å². The molecule has 8 heavy (non-hydrogen) atoms. The highest BCUT2D eigenvalue weighted by atomic mass is 127. The lowest BCUT2D eigenvalue weighted by Crippen LogP contribution is -2.52. The zero-order chi connectivity index (χ0) is 6.20. The average molecular weight is 225 g/mol. The Kier molecular flexibility index (Phi) is 1.55. The molecule has 1 atom stereocenters. The van der Waals surface area contributed by atoms with Crippen LogP contribution in [-0.4, -0.2) is 15.9 Å². The van der Waals surface area contributed by atoms with E-state index in [1.807, 2.05) is 0 Å². The highest BCUT2D eigenvalue weighted by Crippen LogP contribution is 2.19. The van der Waals surface area contributed by atoms with Gasteiger partial charge in [0.05, 0.1) is 3.92 Å². The Morgan fingerprint density at radius 2 is 2.38 bits per heavy atom. The first-order chi connectivity index (χ1) is 3.63. The monoisotopic (exact) mass is 225 g/mol. The van der Waals surface area contributed by atoms with Gasteiger partial charge < -0.3 is 0 Å². The first kappa shape index (κ1) is 6.44. The van der Waals surface area contributed by atoms with E-state index in [-0.39, 0.29) is 3.92 Å². The van der Waals surface area contributed by atoms with Gasteiger partial charge in [-0.25, -0.2) is 0 Å². The van der Waals surface area contributed by atoms with E-state index >= 15 is 0 Å². The van der Waals surface area contributed by atoms with Crippen molar-refractivity contribution in [2.75, 3.05) is 0 Å². The summed E-state index contributed by atoms with van der Waals surface area (Å²) in [5, 5.41) is 0. The topological polar surface area (TPSA) is 64.4 Å². The maximum Gasteiger partial charge on any atom is 0.171 e. The Labute approximate surface area is 61.7 Å². The Morgan fingerprint density at radius 3 is 2.50 bits per heavy atom. The fourth-order valence-electron chi connectivity index (χ4n) is 0.573. The normalized spacial score (nSPS) is 33.6. The van der Waals surface area contributed by atoms with Crippen LogP contribution in [0.4, 0.5) is 0 Å². The van der Waals surface area contributed by atoms with Gasteiger partial charge in [0, 0.05) is 6.21 Å². The van der Waals surface area contributed by atoms with Crippen molar-refractivity contribution in [2.45, 2.75) is 16.1 Å². The Morgan fingerprint density at radius 1 is 1.75 bits per heavy atom. The Bertz CT molecular complexity index is 120. The van der Waals surface area contributed by atoms with Gasteiger partial charge in [0.15, 0.2) is 5.79 Å². The average Bonchev–Trinajstić information content (AvgIpc) is 1.86. The summed E-state index contributed by atoms with van der Waals surface area (Å²) in [6.07, 6.45) is 2.67. The highest BCUT2D eigenvalue weighted by molar-refractivity contribution is 14.1. The maximum atomic E-state index is 5.49. The Hall–Kier alpha value is 0.320. The van der Waals surface area contributed by atoms with Crippen LogP contribution >= 0.6 is 22.6 Å². The third-order valence-corrected chi connectivity index (χ3v) is 2.64. The van der Waals surface area contributed by atoms with Gasteiger partial charge in [0.2, 0.25) is 0 Å². The predicted octanol–water partition coefficient (Wildman–Crippen LogP) is -0.164. The van der Waals surface area contributed by atoms with Crippen LogP contribution in [0.3, 0.4) is 0 Å². The fourth-order valence-corrected chi connectivity index (χ4v) is 0.961. The van der Waals surface area contributed by atoms with E-state index in [4.69, 9.17) is 11.5 Å². The molecule has 1 heterocycles. The van der Waals surface area contributed by atoms with Gasteiger partial charge in [0.25, 0.3) is 0 Å². The quantitative estimate of drug-likeness (QED) is 0.341. The molecular formula is C4H8IN3. The lowest BCUT2D eigenvalue weighted by Gasteiger charge is -2.18. The first-order valence-electron chi connectivity index (χ1n) is 2.38. The number of hydrogen-bond acceptors (Lipinski definition) is 3. The molecule has 0 aliphatic carbocycles. The number of nitrogens with two attached hydrogens (primary N) is 2. The molecule has 0 spiro atoms. The zero-order valence-electron chi connectivity index (χ0n) is 4.34. The number of rotatable bonds is 0. The van der Waals surface area contributed by atoms with Crippen LogP contribution < -0.4 is 11.5 Å². The van der Waals surface area contributed by atoms with Crippen molar-refractivity contribution in [1.82, 2.24) is 0 Å². The molecule has 0 aromatic heterocycles. The van der Waals surface area contributed by atoms with Crippen LogP contribution in [-0.2, 0) is 0 Å². The predicted molar refractivity (Wildman–Crippen MR) is 42.0 cm³/mol. The largest absolute Gasteiger partial charge is 0.294 e. The SMILES string of the molecule is NC1(N)N=CCC1I. The fraction of sp³-hybridized carbons (Fsp3) is 0.750. The second kappa shape index (κ2) is 1.93. The van der Waals surface area contributed by atoms with Crippen LogP contribution in [0.5, 0.6) is 0 Å². The molecule has 0 amide bonds. The van der Waals surface area contributed by atoms with Crippen molar-refractivity contribution in [2.24, 2.45) is 16.5 Å². The third kappa shape index (κ3) is 1.01. The lowest BCUT2D eigenvalue weighted by molar-refractivity contribution is 0.490. The molecule has 1 rings (SSSR count). The van der Waals surface area contributed by atoms with E-state index < -0.39 is 5.79 Å². The first-order valence-corrected chi connectivity index (χ1v) is 3.63. The molecule has 4 N–H and O–H groups in total. The minimum absolute atomic E-state index is 0.264. The second-order valence-corrected chi connectivity index (χ2v) is 3.41. The van der Waals surface area contributed by atoms with Gasteiger partial charge in [-0.15, -0.1) is 0 Å². The summed E-state index contributed by atoms with van der Waals surface area (Å²) in [6.45, 7) is 0. The molecule has 1 aliphatic heterocycles. The van der Waals surface area contributed by atoms with Gasteiger partial charge in [0.1, 0.15) is 0 Å². The van der Waals surface area contributed by atoms with Crippen molar-refractivity contribution in [3.05, 3.63) is 0 Å². The zero-order valence-corrected chi connectivity index (χ0v) is 6.50. The number of nitrogens with zero attached hydrogens (tertiary/aromatic N) is 1. The minimum Gasteiger partial charge on any atom is -0.294 e. The van der Waals surface area contributed by atoms with Crippen molar-refractivity contribution < 1.29 is 0 Å². The molecular weight excluding hydrogens is 217 g/mol. The molecule has 1 aliphatic rings. The van der Waals surface area contributed by atoms with Crippen molar-refractivity contribution in [3.8, 4) is 0 Å². The molecule has 0 bridgehead atoms. The molecule has 0 aromatic carbocycles. The Balaban J connectivity index is 2.67. The number of halogens is 1. The van der Waals surface area contributed by atoms with E-state index in [1.54, 1.807) is 6.21 Å². The lowest BCUT2D eigenvalue weighted by atomic mass is 10.3. The maximum absolute atomic E-state index is 5.49. The van der Waals surface area contributed by atoms with Crippen molar-refractivity contribution >= 4 is 28.8 Å². The summed E-state index contributed by atoms with van der Waals surface area (Å²) in [7, 11) is 0. The molecule has 0 saturated heterocycles. The van der Waals surface area contributed by atoms with Gasteiger partial charge >= 0.3 is 0 Å². The summed E-state index contributed by atoms with van der Waals surface area (Å²) in [4.78, 5) is 3.87. The molecule has 4 heteroatoms. The molecule has 1 unspecified atom stereocenters. The molecule has 0 radical (unpaired) electrons. The van der Waals surface area contributed by atoms with Crippen molar-refractivity contribution in [3.63, 3.8) is 0 Å². The van der Waals surface area contributed by atoms with Crippen LogP contribution in [0.1, 0.15) is 6.42 Å². The van der Waals surface area contributed by atoms with E-state index in [0.29, 0.717) is 0 Å². The van der Waals surface area contributed by atoms with E-state index in [2.05, 4.69) is 27.6 Å². The third-order valence-electron chi connectivity index (χ3n) is 1.13. The molecule has 3 nitrogen and oxygen atoms in total.